The Morgan fingerprint density at radius 1 is 0.292 bits per heavy atom. The van der Waals surface area contributed by atoms with Gasteiger partial charge in [-0.1, -0.05) is 266 Å². The Morgan fingerprint density at radius 2 is 0.542 bits per heavy atom. The van der Waals surface area contributed by atoms with Crippen molar-refractivity contribution >= 4 is 17.9 Å². The van der Waals surface area contributed by atoms with Crippen LogP contribution in [0, 0.1) is 0 Å². The highest BCUT2D eigenvalue weighted by molar-refractivity contribution is 5.71. The summed E-state index contributed by atoms with van der Waals surface area (Å²) in [5, 5.41) is 0. The minimum absolute atomic E-state index is 0.0865. The lowest BCUT2D eigenvalue weighted by molar-refractivity contribution is -0.167. The quantitative estimate of drug-likeness (QED) is 0.0261. The highest BCUT2D eigenvalue weighted by Gasteiger charge is 2.19. The van der Waals surface area contributed by atoms with E-state index < -0.39 is 6.10 Å². The Labute approximate surface area is 445 Å². The van der Waals surface area contributed by atoms with Crippen molar-refractivity contribution < 1.29 is 28.6 Å². The summed E-state index contributed by atoms with van der Waals surface area (Å²) < 4.78 is 16.9. The van der Waals surface area contributed by atoms with Crippen molar-refractivity contribution in [2.45, 2.75) is 303 Å². The second kappa shape index (κ2) is 60.1. The van der Waals surface area contributed by atoms with Crippen LogP contribution in [0.5, 0.6) is 0 Å². The van der Waals surface area contributed by atoms with E-state index in [1.165, 1.54) is 154 Å². The maximum absolute atomic E-state index is 12.9. The average Bonchev–Trinajstić information content (AvgIpc) is 3.38. The first kappa shape index (κ1) is 68.6. The van der Waals surface area contributed by atoms with Crippen molar-refractivity contribution in [1.82, 2.24) is 0 Å². The Morgan fingerprint density at radius 3 is 0.889 bits per heavy atom. The van der Waals surface area contributed by atoms with Gasteiger partial charge in [-0.15, -0.1) is 0 Å². The fourth-order valence-corrected chi connectivity index (χ4v) is 8.56. The number of unbranched alkanes of at least 4 members (excludes halogenated alkanes) is 30. The molecule has 72 heavy (non-hydrogen) atoms. The van der Waals surface area contributed by atoms with E-state index in [9.17, 15) is 14.4 Å². The monoisotopic (exact) mass is 1000 g/mol. The molecule has 0 rings (SSSR count). The number of hydrogen-bond acceptors (Lipinski definition) is 6. The first-order valence-electron chi connectivity index (χ1n) is 30.6. The lowest BCUT2D eigenvalue weighted by atomic mass is 10.0. The molecule has 0 aliphatic carbocycles. The number of allylic oxidation sites excluding steroid dienone is 14. The summed E-state index contributed by atoms with van der Waals surface area (Å²) in [5.41, 5.74) is 0. The molecule has 0 aliphatic rings. The van der Waals surface area contributed by atoms with Crippen LogP contribution in [0.3, 0.4) is 0 Å². The lowest BCUT2D eigenvalue weighted by Crippen LogP contribution is -2.30. The molecule has 0 amide bonds. The minimum atomic E-state index is -0.792. The van der Waals surface area contributed by atoms with E-state index in [2.05, 4.69) is 106 Å². The van der Waals surface area contributed by atoms with Gasteiger partial charge in [0.15, 0.2) is 6.10 Å². The molecule has 0 aromatic rings. The van der Waals surface area contributed by atoms with Gasteiger partial charge >= 0.3 is 17.9 Å². The Hall–Kier alpha value is -3.41. The molecule has 0 N–H and O–H groups in total. The van der Waals surface area contributed by atoms with Crippen molar-refractivity contribution in [2.75, 3.05) is 13.2 Å². The second-order valence-corrected chi connectivity index (χ2v) is 20.2. The zero-order chi connectivity index (χ0) is 52.2. The summed E-state index contributed by atoms with van der Waals surface area (Å²) in [6.07, 6.45) is 78.6. The summed E-state index contributed by atoms with van der Waals surface area (Å²) in [7, 11) is 0. The van der Waals surface area contributed by atoms with Crippen LogP contribution >= 0.6 is 0 Å². The fraction of sp³-hybridized carbons (Fsp3) is 0.742. The van der Waals surface area contributed by atoms with Crippen LogP contribution in [0.2, 0.25) is 0 Å². The standard InChI is InChI=1S/C66H114O6/c1-4-7-10-13-16-19-22-25-28-31-33-35-38-41-44-47-50-53-56-59-65(68)71-62-63(61-70-64(67)58-55-52-49-46-43-40-37-30-27-24-21-18-15-12-9-6-3)72-66(69)60-57-54-51-48-45-42-39-36-34-32-29-26-23-20-17-14-11-8-5-2/h7,10,16-17,19-20,25-26,28-29,33,35,41,44,63H,4-6,8-9,11-15,18,21-24,27,30-32,34,36-40,42-43,45-62H2,1-3H3/b10-7-,19-16-,20-17-,28-25-,29-26-,35-33-,44-41-. The normalized spacial score (nSPS) is 12.7. The molecule has 0 heterocycles. The highest BCUT2D eigenvalue weighted by atomic mass is 16.6. The molecule has 0 saturated heterocycles. The van der Waals surface area contributed by atoms with Gasteiger partial charge in [0.2, 0.25) is 0 Å². The van der Waals surface area contributed by atoms with E-state index in [0.717, 1.165) is 103 Å². The highest BCUT2D eigenvalue weighted by Crippen LogP contribution is 2.16. The van der Waals surface area contributed by atoms with Gasteiger partial charge < -0.3 is 14.2 Å². The van der Waals surface area contributed by atoms with Gasteiger partial charge in [0.1, 0.15) is 13.2 Å². The van der Waals surface area contributed by atoms with E-state index >= 15 is 0 Å². The number of carbonyl (C=O) groups excluding carboxylic acids is 3. The van der Waals surface area contributed by atoms with Crippen molar-refractivity contribution in [3.8, 4) is 0 Å². The summed E-state index contributed by atoms with van der Waals surface area (Å²) in [6, 6.07) is 0. The van der Waals surface area contributed by atoms with Gasteiger partial charge in [-0.25, -0.2) is 0 Å². The third-order valence-corrected chi connectivity index (χ3v) is 13.1. The molecule has 414 valence electrons. The molecule has 0 radical (unpaired) electrons. The molecule has 1 atom stereocenters. The number of ether oxygens (including phenoxy) is 3. The third kappa shape index (κ3) is 57.5. The smallest absolute Gasteiger partial charge is 0.306 e. The van der Waals surface area contributed by atoms with Crippen LogP contribution in [0.25, 0.3) is 0 Å². The van der Waals surface area contributed by atoms with E-state index in [-0.39, 0.29) is 31.1 Å². The molecule has 6 heteroatoms. The molecule has 0 fully saturated rings. The Bertz CT molecular complexity index is 1380. The van der Waals surface area contributed by atoms with E-state index in [1.54, 1.807) is 0 Å². The van der Waals surface area contributed by atoms with Crippen molar-refractivity contribution in [3.05, 3.63) is 85.1 Å². The van der Waals surface area contributed by atoms with Gasteiger partial charge in [-0.3, -0.25) is 14.4 Å². The fourth-order valence-electron chi connectivity index (χ4n) is 8.56. The van der Waals surface area contributed by atoms with Crippen LogP contribution in [0.15, 0.2) is 85.1 Å². The molecule has 0 aromatic carbocycles. The number of esters is 3. The molecular weight excluding hydrogens is 889 g/mol. The topological polar surface area (TPSA) is 78.9 Å². The zero-order valence-electron chi connectivity index (χ0n) is 47.4. The summed E-state index contributed by atoms with van der Waals surface area (Å²) in [4.78, 5) is 38.3. The van der Waals surface area contributed by atoms with E-state index in [4.69, 9.17) is 14.2 Å². The van der Waals surface area contributed by atoms with Gasteiger partial charge in [0, 0.05) is 19.3 Å². The van der Waals surface area contributed by atoms with Crippen molar-refractivity contribution in [1.29, 1.82) is 0 Å². The van der Waals surface area contributed by atoms with E-state index in [0.29, 0.717) is 19.3 Å². The first-order chi connectivity index (χ1) is 35.5. The molecule has 0 aromatic heterocycles. The molecular formula is C66H114O6. The van der Waals surface area contributed by atoms with Gasteiger partial charge in [0.25, 0.3) is 0 Å². The van der Waals surface area contributed by atoms with Gasteiger partial charge in [0.05, 0.1) is 0 Å². The summed E-state index contributed by atoms with van der Waals surface area (Å²) in [6.45, 7) is 6.50. The van der Waals surface area contributed by atoms with E-state index in [1.807, 2.05) is 0 Å². The third-order valence-electron chi connectivity index (χ3n) is 13.1. The number of rotatable bonds is 55. The molecule has 0 aliphatic heterocycles. The molecule has 0 bridgehead atoms. The van der Waals surface area contributed by atoms with Crippen molar-refractivity contribution in [3.63, 3.8) is 0 Å². The molecule has 1 unspecified atom stereocenters. The lowest BCUT2D eigenvalue weighted by Gasteiger charge is -2.18. The largest absolute Gasteiger partial charge is 0.462 e. The number of carbonyl (C=O) groups is 3. The summed E-state index contributed by atoms with van der Waals surface area (Å²) >= 11 is 0. The summed E-state index contributed by atoms with van der Waals surface area (Å²) in [5.74, 6) is -0.913. The van der Waals surface area contributed by atoms with Crippen LogP contribution in [-0.4, -0.2) is 37.2 Å². The zero-order valence-corrected chi connectivity index (χ0v) is 47.4. The maximum atomic E-state index is 12.9. The van der Waals surface area contributed by atoms with Gasteiger partial charge in [-0.2, -0.15) is 0 Å². The second-order valence-electron chi connectivity index (χ2n) is 20.2. The van der Waals surface area contributed by atoms with Crippen LogP contribution in [0.1, 0.15) is 297 Å². The minimum Gasteiger partial charge on any atom is -0.462 e. The first-order valence-corrected chi connectivity index (χ1v) is 30.6. The van der Waals surface area contributed by atoms with Gasteiger partial charge in [-0.05, 0) is 96.3 Å². The Balaban J connectivity index is 4.43. The van der Waals surface area contributed by atoms with Crippen LogP contribution in [0.4, 0.5) is 0 Å². The van der Waals surface area contributed by atoms with Crippen LogP contribution < -0.4 is 0 Å². The maximum Gasteiger partial charge on any atom is 0.306 e. The average molecular weight is 1000 g/mol. The van der Waals surface area contributed by atoms with Crippen molar-refractivity contribution in [2.24, 2.45) is 0 Å². The van der Waals surface area contributed by atoms with Crippen LogP contribution in [-0.2, 0) is 28.6 Å². The predicted molar refractivity (Wildman–Crippen MR) is 311 cm³/mol. The molecule has 0 saturated carbocycles. The Kier molecular flexibility index (Phi) is 57.3. The molecule has 0 spiro atoms. The number of hydrogen-bond donors (Lipinski definition) is 0. The SMILES string of the molecule is CC/C=C\C/C=C\C/C=C\C/C=C\C/C=C\CCCCCC(=O)OCC(COC(=O)CCCCCCCCCCCCCCCCCC)OC(=O)CCCCCCCCCCC/C=C\C/C=C\CCCCC. The molecule has 6 nitrogen and oxygen atoms in total. The predicted octanol–water partition coefficient (Wildman–Crippen LogP) is 20.7.